The van der Waals surface area contributed by atoms with Gasteiger partial charge in [0.1, 0.15) is 0 Å². The molecule has 2 atom stereocenters. The summed E-state index contributed by atoms with van der Waals surface area (Å²) in [6, 6.07) is 0. The maximum Gasteiger partial charge on any atom is -0.000168 e. The van der Waals surface area contributed by atoms with Crippen LogP contribution >= 0.6 is 11.8 Å². The highest BCUT2D eigenvalue weighted by Gasteiger charge is 2.68. The molecule has 1 heterocycles. The Morgan fingerprint density at radius 2 is 1.43 bits per heavy atom. The van der Waals surface area contributed by atoms with Gasteiger partial charge in [0, 0.05) is 0 Å². The second-order valence-electron chi connectivity index (χ2n) is 6.29. The van der Waals surface area contributed by atoms with Gasteiger partial charge in [0.05, 0.1) is 0 Å². The van der Waals surface area contributed by atoms with Gasteiger partial charge in [-0.05, 0) is 66.3 Å². The fourth-order valence-corrected chi connectivity index (χ4v) is 6.50. The SMILES string of the molecule is C1=CC[C@]23CSC[C@]2(C1)CC1(CC1)C3. The molecule has 0 bridgehead atoms. The van der Waals surface area contributed by atoms with Gasteiger partial charge in [0.15, 0.2) is 0 Å². The summed E-state index contributed by atoms with van der Waals surface area (Å²) in [6.07, 6.45) is 14.0. The molecule has 0 aromatic carbocycles. The highest BCUT2D eigenvalue weighted by atomic mass is 32.2. The molecule has 0 nitrogen and oxygen atoms in total. The van der Waals surface area contributed by atoms with Crippen molar-refractivity contribution in [1.82, 2.24) is 0 Å². The molecule has 4 aliphatic rings. The molecule has 2 saturated carbocycles. The average molecular weight is 206 g/mol. The molecule has 76 valence electrons. The van der Waals surface area contributed by atoms with Gasteiger partial charge in [-0.3, -0.25) is 0 Å². The van der Waals surface area contributed by atoms with Crippen LogP contribution in [0.3, 0.4) is 0 Å². The van der Waals surface area contributed by atoms with Crippen LogP contribution in [0.1, 0.15) is 38.5 Å². The number of hydrogen-bond donors (Lipinski definition) is 0. The van der Waals surface area contributed by atoms with Gasteiger partial charge in [-0.15, -0.1) is 0 Å². The van der Waals surface area contributed by atoms with Crippen molar-refractivity contribution in [3.8, 4) is 0 Å². The summed E-state index contributed by atoms with van der Waals surface area (Å²) in [7, 11) is 0. The van der Waals surface area contributed by atoms with Crippen molar-refractivity contribution in [1.29, 1.82) is 0 Å². The summed E-state index contributed by atoms with van der Waals surface area (Å²) in [6.45, 7) is 0. The van der Waals surface area contributed by atoms with Gasteiger partial charge >= 0.3 is 0 Å². The molecule has 0 aromatic heterocycles. The molecule has 3 aliphatic carbocycles. The summed E-state index contributed by atoms with van der Waals surface area (Å²) in [5.41, 5.74) is 2.36. The van der Waals surface area contributed by atoms with Gasteiger partial charge < -0.3 is 0 Å². The van der Waals surface area contributed by atoms with Crippen LogP contribution in [0.15, 0.2) is 12.2 Å². The Labute approximate surface area is 90.5 Å². The minimum atomic E-state index is 0.753. The molecule has 3 fully saturated rings. The van der Waals surface area contributed by atoms with Crippen LogP contribution in [-0.2, 0) is 0 Å². The minimum Gasteiger partial charge on any atom is -0.161 e. The van der Waals surface area contributed by atoms with Gasteiger partial charge in [0.2, 0.25) is 0 Å². The monoisotopic (exact) mass is 206 g/mol. The Morgan fingerprint density at radius 1 is 0.857 bits per heavy atom. The van der Waals surface area contributed by atoms with Crippen LogP contribution < -0.4 is 0 Å². The van der Waals surface area contributed by atoms with Crippen LogP contribution in [0.25, 0.3) is 0 Å². The Bertz CT molecular complexity index is 289. The maximum absolute atomic E-state index is 2.48. The summed E-state index contributed by atoms with van der Waals surface area (Å²) >= 11 is 2.24. The van der Waals surface area contributed by atoms with E-state index >= 15 is 0 Å². The van der Waals surface area contributed by atoms with Crippen molar-refractivity contribution < 1.29 is 0 Å². The van der Waals surface area contributed by atoms with E-state index in [1.54, 1.807) is 25.7 Å². The molecular weight excluding hydrogens is 188 g/mol. The molecular formula is C13H18S. The van der Waals surface area contributed by atoms with Gasteiger partial charge in [-0.25, -0.2) is 0 Å². The van der Waals surface area contributed by atoms with E-state index in [0.717, 1.165) is 16.2 Å². The van der Waals surface area contributed by atoms with Gasteiger partial charge in [-0.1, -0.05) is 12.2 Å². The van der Waals surface area contributed by atoms with Crippen LogP contribution in [-0.4, -0.2) is 11.5 Å². The van der Waals surface area contributed by atoms with Gasteiger partial charge in [-0.2, -0.15) is 11.8 Å². The van der Waals surface area contributed by atoms with Crippen molar-refractivity contribution in [2.24, 2.45) is 16.2 Å². The van der Waals surface area contributed by atoms with Crippen LogP contribution in [0.4, 0.5) is 0 Å². The summed E-state index contributed by atoms with van der Waals surface area (Å²) in [4.78, 5) is 0. The molecule has 1 heteroatoms. The Hall–Kier alpha value is 0.0900. The Balaban J connectivity index is 1.82. The molecule has 14 heavy (non-hydrogen) atoms. The number of thioether (sulfide) groups is 1. The average Bonchev–Trinajstić information content (AvgIpc) is 2.71. The van der Waals surface area contributed by atoms with E-state index < -0.39 is 0 Å². The summed E-state index contributed by atoms with van der Waals surface area (Å²) in [5, 5.41) is 0. The smallest absolute Gasteiger partial charge is 0.000168 e. The van der Waals surface area contributed by atoms with Crippen molar-refractivity contribution in [3.63, 3.8) is 0 Å². The first-order valence-corrected chi connectivity index (χ1v) is 7.17. The molecule has 4 rings (SSSR count). The van der Waals surface area contributed by atoms with Crippen LogP contribution in [0, 0.1) is 16.2 Å². The van der Waals surface area contributed by atoms with Crippen LogP contribution in [0.2, 0.25) is 0 Å². The van der Waals surface area contributed by atoms with Crippen molar-refractivity contribution in [3.05, 3.63) is 12.2 Å². The van der Waals surface area contributed by atoms with E-state index in [0.29, 0.717) is 0 Å². The fraction of sp³-hybridized carbons (Fsp3) is 0.846. The molecule has 1 saturated heterocycles. The first-order chi connectivity index (χ1) is 6.79. The summed E-state index contributed by atoms with van der Waals surface area (Å²) in [5.74, 6) is 2.94. The Morgan fingerprint density at radius 3 is 1.93 bits per heavy atom. The van der Waals surface area contributed by atoms with Crippen molar-refractivity contribution in [2.75, 3.05) is 11.5 Å². The van der Waals surface area contributed by atoms with E-state index in [1.165, 1.54) is 24.3 Å². The van der Waals surface area contributed by atoms with E-state index in [4.69, 9.17) is 0 Å². The molecule has 0 radical (unpaired) electrons. The lowest BCUT2D eigenvalue weighted by Crippen LogP contribution is -2.37. The zero-order chi connectivity index (χ0) is 9.28. The number of hydrogen-bond acceptors (Lipinski definition) is 1. The minimum absolute atomic E-state index is 0.753. The van der Waals surface area contributed by atoms with E-state index in [1.807, 2.05) is 0 Å². The fourth-order valence-electron chi connectivity index (χ4n) is 4.57. The molecule has 0 aromatic rings. The van der Waals surface area contributed by atoms with E-state index in [-0.39, 0.29) is 0 Å². The lowest BCUT2D eigenvalue weighted by molar-refractivity contribution is 0.131. The third-order valence-electron chi connectivity index (χ3n) is 5.45. The normalized spacial score (nSPS) is 52.0. The molecule has 1 aliphatic heterocycles. The largest absolute Gasteiger partial charge is 0.161 e. The van der Waals surface area contributed by atoms with Crippen molar-refractivity contribution >= 4 is 11.8 Å². The third kappa shape index (κ3) is 0.801. The molecule has 1 spiro atoms. The highest BCUT2D eigenvalue weighted by molar-refractivity contribution is 7.99. The second-order valence-corrected chi connectivity index (χ2v) is 7.27. The predicted molar refractivity (Wildman–Crippen MR) is 61.5 cm³/mol. The van der Waals surface area contributed by atoms with Gasteiger partial charge in [0.25, 0.3) is 0 Å². The third-order valence-corrected chi connectivity index (χ3v) is 6.96. The molecule has 0 unspecified atom stereocenters. The lowest BCUT2D eigenvalue weighted by atomic mass is 9.62. The zero-order valence-electron chi connectivity index (χ0n) is 8.72. The van der Waals surface area contributed by atoms with Crippen LogP contribution in [0.5, 0.6) is 0 Å². The highest BCUT2D eigenvalue weighted by Crippen LogP contribution is 2.76. The number of allylic oxidation sites excluding steroid dienone is 2. The lowest BCUT2D eigenvalue weighted by Gasteiger charge is -2.41. The Kier molecular flexibility index (Phi) is 1.34. The first kappa shape index (κ1) is 8.27. The maximum atomic E-state index is 2.48. The predicted octanol–water partition coefficient (Wildman–Crippen LogP) is 3.63. The van der Waals surface area contributed by atoms with E-state index in [2.05, 4.69) is 23.9 Å². The van der Waals surface area contributed by atoms with E-state index in [9.17, 15) is 0 Å². The number of rotatable bonds is 0. The van der Waals surface area contributed by atoms with Crippen molar-refractivity contribution in [2.45, 2.75) is 38.5 Å². The standard InChI is InChI=1S/C13H18S/c1-2-4-13-8-11(5-6-11)7-12(13,3-1)9-14-10-13/h1-2H,3-10H2/t12-,13-/m0/s1. The first-order valence-electron chi connectivity index (χ1n) is 6.01. The molecule has 0 N–H and O–H groups in total. The summed E-state index contributed by atoms with van der Waals surface area (Å²) < 4.78 is 0. The topological polar surface area (TPSA) is 0 Å². The quantitative estimate of drug-likeness (QED) is 0.545. The second kappa shape index (κ2) is 2.26. The molecule has 0 amide bonds. The zero-order valence-corrected chi connectivity index (χ0v) is 9.54.